The van der Waals surface area contributed by atoms with Crippen LogP contribution >= 0.6 is 0 Å². The van der Waals surface area contributed by atoms with Crippen molar-refractivity contribution >= 4 is 17.6 Å². The summed E-state index contributed by atoms with van der Waals surface area (Å²) >= 11 is 0. The molecule has 156 valence electrons. The summed E-state index contributed by atoms with van der Waals surface area (Å²) in [5.41, 5.74) is 8.31. The molecule has 30 heavy (non-hydrogen) atoms. The molecule has 1 unspecified atom stereocenters. The van der Waals surface area contributed by atoms with E-state index >= 15 is 0 Å². The van der Waals surface area contributed by atoms with Crippen LogP contribution in [0.2, 0.25) is 0 Å². The fourth-order valence-corrected chi connectivity index (χ4v) is 3.38. The largest absolute Gasteiger partial charge is 0.497 e. The number of nitrogens with two attached hydrogens (primary N) is 1. The third-order valence-electron chi connectivity index (χ3n) is 4.80. The molecule has 2 aromatic rings. The number of hydrogen-bond acceptors (Lipinski definition) is 7. The molecule has 0 saturated carbocycles. The third-order valence-corrected chi connectivity index (χ3v) is 4.80. The third kappa shape index (κ3) is 4.00. The van der Waals surface area contributed by atoms with Crippen LogP contribution in [-0.2, 0) is 19.1 Å². The van der Waals surface area contributed by atoms with Gasteiger partial charge in [-0.25, -0.2) is 9.59 Å². The van der Waals surface area contributed by atoms with E-state index in [-0.39, 0.29) is 23.6 Å². The minimum atomic E-state index is -0.716. The Balaban J connectivity index is 2.21. The minimum absolute atomic E-state index is 0.178. The van der Waals surface area contributed by atoms with Gasteiger partial charge in [0.2, 0.25) is 0 Å². The predicted molar refractivity (Wildman–Crippen MR) is 113 cm³/mol. The summed E-state index contributed by atoms with van der Waals surface area (Å²) in [4.78, 5) is 27.2. The number of ether oxygens (including phenoxy) is 3. The van der Waals surface area contributed by atoms with Crippen molar-refractivity contribution in [1.29, 1.82) is 0 Å². The molecule has 0 bridgehead atoms. The Bertz CT molecular complexity index is 980. The SMILES string of the molecule is CCOC(=O)C1=C(N)N(c2ccc(OC)cc2)C=C(C(=O)OC)C1c1ccccc1. The van der Waals surface area contributed by atoms with Gasteiger partial charge in [-0.2, -0.15) is 0 Å². The van der Waals surface area contributed by atoms with E-state index in [1.807, 2.05) is 30.3 Å². The molecule has 1 aliphatic rings. The first-order valence-electron chi connectivity index (χ1n) is 9.46. The Labute approximate surface area is 175 Å². The molecule has 0 aromatic heterocycles. The van der Waals surface area contributed by atoms with E-state index in [0.29, 0.717) is 11.4 Å². The van der Waals surface area contributed by atoms with Crippen molar-refractivity contribution in [3.05, 3.63) is 83.3 Å². The van der Waals surface area contributed by atoms with Gasteiger partial charge in [-0.1, -0.05) is 30.3 Å². The molecule has 1 heterocycles. The van der Waals surface area contributed by atoms with Gasteiger partial charge >= 0.3 is 11.9 Å². The highest BCUT2D eigenvalue weighted by molar-refractivity contribution is 6.00. The minimum Gasteiger partial charge on any atom is -0.497 e. The Hall–Kier alpha value is -3.74. The van der Waals surface area contributed by atoms with Crippen molar-refractivity contribution < 1.29 is 23.8 Å². The number of hydrogen-bond donors (Lipinski definition) is 1. The summed E-state index contributed by atoms with van der Waals surface area (Å²) in [6.07, 6.45) is 1.60. The molecule has 0 radical (unpaired) electrons. The van der Waals surface area contributed by atoms with Crippen molar-refractivity contribution in [2.75, 3.05) is 25.7 Å². The summed E-state index contributed by atoms with van der Waals surface area (Å²) in [5.74, 6) is -1.01. The van der Waals surface area contributed by atoms with Crippen LogP contribution in [0.5, 0.6) is 5.75 Å². The normalized spacial score (nSPS) is 16.0. The van der Waals surface area contributed by atoms with Crippen LogP contribution in [0.25, 0.3) is 0 Å². The molecule has 7 nitrogen and oxygen atoms in total. The average Bonchev–Trinajstić information content (AvgIpc) is 2.79. The van der Waals surface area contributed by atoms with Crippen molar-refractivity contribution in [1.82, 2.24) is 0 Å². The molecule has 0 amide bonds. The van der Waals surface area contributed by atoms with Gasteiger partial charge < -0.3 is 24.8 Å². The molecule has 0 spiro atoms. The van der Waals surface area contributed by atoms with Gasteiger partial charge in [0.1, 0.15) is 11.6 Å². The molecule has 0 aliphatic carbocycles. The van der Waals surface area contributed by atoms with Crippen LogP contribution in [0.4, 0.5) is 5.69 Å². The maximum Gasteiger partial charge on any atom is 0.338 e. The molecule has 1 atom stereocenters. The number of anilines is 1. The highest BCUT2D eigenvalue weighted by Crippen LogP contribution is 2.40. The first-order chi connectivity index (χ1) is 14.5. The Kier molecular flexibility index (Phi) is 6.41. The number of benzene rings is 2. The molecular weight excluding hydrogens is 384 g/mol. The summed E-state index contributed by atoms with van der Waals surface area (Å²) < 4.78 is 15.5. The highest BCUT2D eigenvalue weighted by Gasteiger charge is 2.38. The van der Waals surface area contributed by atoms with E-state index in [1.165, 1.54) is 7.11 Å². The molecule has 7 heteroatoms. The molecule has 2 N–H and O–H groups in total. The maximum atomic E-state index is 12.9. The monoisotopic (exact) mass is 408 g/mol. The van der Waals surface area contributed by atoms with Gasteiger partial charge in [0.05, 0.1) is 37.9 Å². The van der Waals surface area contributed by atoms with Gasteiger partial charge in [-0.15, -0.1) is 0 Å². The van der Waals surface area contributed by atoms with E-state index in [2.05, 4.69) is 0 Å². The van der Waals surface area contributed by atoms with Crippen molar-refractivity contribution in [2.45, 2.75) is 12.8 Å². The van der Waals surface area contributed by atoms with E-state index in [1.54, 1.807) is 49.4 Å². The molecular formula is C23H24N2O5. The number of rotatable bonds is 6. The van der Waals surface area contributed by atoms with Gasteiger partial charge in [-0.05, 0) is 36.8 Å². The van der Waals surface area contributed by atoms with E-state index in [4.69, 9.17) is 19.9 Å². The average molecular weight is 408 g/mol. The maximum absolute atomic E-state index is 12.9. The summed E-state index contributed by atoms with van der Waals surface area (Å²) in [6.45, 7) is 1.89. The van der Waals surface area contributed by atoms with Crippen LogP contribution in [0.1, 0.15) is 18.4 Å². The molecule has 2 aromatic carbocycles. The van der Waals surface area contributed by atoms with Gasteiger partial charge in [0.15, 0.2) is 0 Å². The quantitative estimate of drug-likeness (QED) is 0.735. The first kappa shape index (κ1) is 21.0. The lowest BCUT2D eigenvalue weighted by Gasteiger charge is -2.33. The van der Waals surface area contributed by atoms with Crippen LogP contribution in [0.3, 0.4) is 0 Å². The number of nitrogens with zero attached hydrogens (tertiary/aromatic N) is 1. The first-order valence-corrected chi connectivity index (χ1v) is 9.46. The smallest absolute Gasteiger partial charge is 0.338 e. The summed E-state index contributed by atoms with van der Waals surface area (Å²) in [6, 6.07) is 16.3. The second-order valence-electron chi connectivity index (χ2n) is 6.51. The zero-order valence-electron chi connectivity index (χ0n) is 17.1. The van der Waals surface area contributed by atoms with Crippen molar-refractivity contribution in [3.63, 3.8) is 0 Å². The zero-order chi connectivity index (χ0) is 21.7. The Morgan fingerprint density at radius 1 is 1.00 bits per heavy atom. The topological polar surface area (TPSA) is 91.1 Å². The molecule has 1 aliphatic heterocycles. The number of carbonyl (C=O) groups excluding carboxylic acids is 2. The molecule has 0 saturated heterocycles. The standard InChI is InChI=1S/C23H24N2O5/c1-4-30-23(27)20-19(15-8-6-5-7-9-15)18(22(26)29-3)14-25(21(20)24)16-10-12-17(28-2)13-11-16/h5-14,19H,4,24H2,1-3H3. The lowest BCUT2D eigenvalue weighted by molar-refractivity contribution is -0.139. The molecule has 3 rings (SSSR count). The Morgan fingerprint density at radius 2 is 1.67 bits per heavy atom. The van der Waals surface area contributed by atoms with E-state index in [9.17, 15) is 9.59 Å². The number of methoxy groups -OCH3 is 2. The summed E-state index contributed by atoms with van der Waals surface area (Å²) in [7, 11) is 2.87. The van der Waals surface area contributed by atoms with Crippen molar-refractivity contribution in [2.24, 2.45) is 5.73 Å². The van der Waals surface area contributed by atoms with Gasteiger partial charge in [0, 0.05) is 11.9 Å². The lowest BCUT2D eigenvalue weighted by atomic mass is 9.82. The van der Waals surface area contributed by atoms with Gasteiger partial charge in [-0.3, -0.25) is 0 Å². The van der Waals surface area contributed by atoms with Crippen LogP contribution in [0.15, 0.2) is 77.8 Å². The fourth-order valence-electron chi connectivity index (χ4n) is 3.38. The van der Waals surface area contributed by atoms with Crippen LogP contribution < -0.4 is 15.4 Å². The van der Waals surface area contributed by atoms with E-state index in [0.717, 1.165) is 5.56 Å². The second kappa shape index (κ2) is 9.17. The zero-order valence-corrected chi connectivity index (χ0v) is 17.1. The lowest BCUT2D eigenvalue weighted by Crippen LogP contribution is -2.36. The molecule has 0 fully saturated rings. The van der Waals surface area contributed by atoms with Crippen LogP contribution in [0, 0.1) is 0 Å². The van der Waals surface area contributed by atoms with E-state index < -0.39 is 17.9 Å². The number of esters is 2. The van der Waals surface area contributed by atoms with Gasteiger partial charge in [0.25, 0.3) is 0 Å². The highest BCUT2D eigenvalue weighted by atomic mass is 16.5. The fraction of sp³-hybridized carbons (Fsp3) is 0.217. The van der Waals surface area contributed by atoms with Crippen molar-refractivity contribution in [3.8, 4) is 5.75 Å². The number of carbonyl (C=O) groups is 2. The predicted octanol–water partition coefficient (Wildman–Crippen LogP) is 3.09. The summed E-state index contributed by atoms with van der Waals surface area (Å²) in [5, 5.41) is 0. The Morgan fingerprint density at radius 3 is 2.23 bits per heavy atom. The second-order valence-corrected chi connectivity index (χ2v) is 6.51. The van der Waals surface area contributed by atoms with Crippen LogP contribution in [-0.4, -0.2) is 32.8 Å².